The number of benzene rings is 2. The van der Waals surface area contributed by atoms with E-state index in [1.807, 2.05) is 36.4 Å². The quantitative estimate of drug-likeness (QED) is 0.639. The van der Waals surface area contributed by atoms with Gasteiger partial charge in [0.25, 0.3) is 0 Å². The first-order valence-electron chi connectivity index (χ1n) is 5.72. The van der Waals surface area contributed by atoms with Gasteiger partial charge >= 0.3 is 0 Å². The maximum Gasteiger partial charge on any atom is 0.0889 e. The zero-order valence-corrected chi connectivity index (χ0v) is 10.4. The molecule has 0 unspecified atom stereocenters. The van der Waals surface area contributed by atoms with Gasteiger partial charge in [0.05, 0.1) is 11.4 Å². The summed E-state index contributed by atoms with van der Waals surface area (Å²) in [6.45, 7) is 6.31. The zero-order valence-electron chi connectivity index (χ0n) is 10.4. The number of nitrogens with zero attached hydrogens (tertiary/aromatic N) is 2. The molecule has 0 aliphatic rings. The number of hydrogen-bond acceptors (Lipinski definition) is 2. The molecule has 0 heterocycles. The Kier molecular flexibility index (Phi) is 3.33. The molecule has 0 atom stereocenters. The lowest BCUT2D eigenvalue weighted by Gasteiger charge is -2.06. The molecule has 2 nitrogen and oxygen atoms in total. The summed E-state index contributed by atoms with van der Waals surface area (Å²) >= 11 is 0. The van der Waals surface area contributed by atoms with Gasteiger partial charge in [0.2, 0.25) is 0 Å². The molecule has 17 heavy (non-hydrogen) atoms. The Hall–Kier alpha value is -1.96. The highest BCUT2D eigenvalue weighted by molar-refractivity contribution is 5.52. The fourth-order valence-electron chi connectivity index (χ4n) is 1.66. The summed E-state index contributed by atoms with van der Waals surface area (Å²) in [4.78, 5) is 0. The van der Waals surface area contributed by atoms with Crippen LogP contribution in [0.5, 0.6) is 0 Å². The SMILES string of the molecule is Cc1ccc(N=Nc2ccccc2)c(C)c1C. The Morgan fingerprint density at radius 1 is 0.706 bits per heavy atom. The molecule has 0 N–H and O–H groups in total. The van der Waals surface area contributed by atoms with E-state index in [4.69, 9.17) is 0 Å². The van der Waals surface area contributed by atoms with E-state index in [9.17, 15) is 0 Å². The van der Waals surface area contributed by atoms with Crippen molar-refractivity contribution in [2.45, 2.75) is 20.8 Å². The first-order chi connectivity index (χ1) is 8.18. The van der Waals surface area contributed by atoms with Crippen molar-refractivity contribution in [3.8, 4) is 0 Å². The fourth-order valence-corrected chi connectivity index (χ4v) is 1.66. The van der Waals surface area contributed by atoms with Crippen LogP contribution in [-0.2, 0) is 0 Å². The highest BCUT2D eigenvalue weighted by atomic mass is 15.1. The Morgan fingerprint density at radius 2 is 1.41 bits per heavy atom. The van der Waals surface area contributed by atoms with Crippen LogP contribution in [0.15, 0.2) is 52.7 Å². The van der Waals surface area contributed by atoms with Crippen molar-refractivity contribution in [3.63, 3.8) is 0 Å². The van der Waals surface area contributed by atoms with Gasteiger partial charge in [-0.05, 0) is 55.7 Å². The highest BCUT2D eigenvalue weighted by Gasteiger charge is 2.02. The molecule has 0 aliphatic heterocycles. The van der Waals surface area contributed by atoms with E-state index >= 15 is 0 Å². The molecule has 2 aromatic carbocycles. The van der Waals surface area contributed by atoms with Gasteiger partial charge in [0.1, 0.15) is 0 Å². The van der Waals surface area contributed by atoms with E-state index < -0.39 is 0 Å². The van der Waals surface area contributed by atoms with Gasteiger partial charge in [-0.25, -0.2) is 0 Å². The smallest absolute Gasteiger partial charge is 0.0889 e. The lowest BCUT2D eigenvalue weighted by atomic mass is 10.0. The van der Waals surface area contributed by atoms with Gasteiger partial charge in [-0.15, -0.1) is 0 Å². The minimum absolute atomic E-state index is 0.880. The van der Waals surface area contributed by atoms with Crippen LogP contribution in [0.4, 0.5) is 11.4 Å². The molecule has 0 aromatic heterocycles. The first-order valence-corrected chi connectivity index (χ1v) is 5.72. The molecule has 0 amide bonds. The molecule has 0 saturated carbocycles. The van der Waals surface area contributed by atoms with Gasteiger partial charge in [-0.2, -0.15) is 10.2 Å². The second-order valence-electron chi connectivity index (χ2n) is 4.19. The summed E-state index contributed by atoms with van der Waals surface area (Å²) in [5.41, 5.74) is 5.60. The number of azo groups is 1. The van der Waals surface area contributed by atoms with Crippen LogP contribution in [0.2, 0.25) is 0 Å². The normalized spacial score (nSPS) is 11.0. The Balaban J connectivity index is 2.31. The second-order valence-corrected chi connectivity index (χ2v) is 4.19. The summed E-state index contributed by atoms with van der Waals surface area (Å²) in [7, 11) is 0. The fraction of sp³-hybridized carbons (Fsp3) is 0.200. The molecule has 86 valence electrons. The standard InChI is InChI=1S/C15H16N2/c1-11-9-10-15(13(3)12(11)2)17-16-14-7-5-4-6-8-14/h4-10H,1-3H3. The largest absolute Gasteiger partial charge is 0.151 e. The minimum atomic E-state index is 0.880. The Bertz CT molecular complexity index is 542. The van der Waals surface area contributed by atoms with E-state index in [1.54, 1.807) is 0 Å². The lowest BCUT2D eigenvalue weighted by molar-refractivity contribution is 1.18. The average molecular weight is 224 g/mol. The molecule has 0 saturated heterocycles. The Labute approximate surface area is 102 Å². The molecular formula is C15H16N2. The molecule has 2 heteroatoms. The van der Waals surface area contributed by atoms with Crippen molar-refractivity contribution >= 4 is 11.4 Å². The molecule has 0 spiro atoms. The summed E-state index contributed by atoms with van der Waals surface area (Å²) in [6.07, 6.45) is 0. The topological polar surface area (TPSA) is 24.7 Å². The van der Waals surface area contributed by atoms with Crippen molar-refractivity contribution in [2.75, 3.05) is 0 Å². The average Bonchev–Trinajstić information content (AvgIpc) is 2.36. The summed E-state index contributed by atoms with van der Waals surface area (Å²) in [6, 6.07) is 13.9. The van der Waals surface area contributed by atoms with Crippen LogP contribution in [0.1, 0.15) is 16.7 Å². The molecule has 2 aromatic rings. The minimum Gasteiger partial charge on any atom is -0.151 e. The maximum atomic E-state index is 4.30. The van der Waals surface area contributed by atoms with Crippen molar-refractivity contribution in [2.24, 2.45) is 10.2 Å². The number of rotatable bonds is 2. The highest BCUT2D eigenvalue weighted by Crippen LogP contribution is 2.25. The van der Waals surface area contributed by atoms with Crippen LogP contribution in [0, 0.1) is 20.8 Å². The van der Waals surface area contributed by atoms with Crippen LogP contribution in [0.25, 0.3) is 0 Å². The summed E-state index contributed by atoms with van der Waals surface area (Å²) in [5, 5.41) is 8.54. The maximum absolute atomic E-state index is 4.30. The molecule has 2 rings (SSSR count). The van der Waals surface area contributed by atoms with Crippen LogP contribution >= 0.6 is 0 Å². The lowest BCUT2D eigenvalue weighted by Crippen LogP contribution is -1.85. The van der Waals surface area contributed by atoms with Crippen LogP contribution in [0.3, 0.4) is 0 Å². The van der Waals surface area contributed by atoms with Gasteiger partial charge in [0.15, 0.2) is 0 Å². The molecule has 0 fully saturated rings. The monoisotopic (exact) mass is 224 g/mol. The first kappa shape index (κ1) is 11.5. The predicted molar refractivity (Wildman–Crippen MR) is 71.3 cm³/mol. The van der Waals surface area contributed by atoms with Gasteiger partial charge < -0.3 is 0 Å². The number of hydrogen-bond donors (Lipinski definition) is 0. The van der Waals surface area contributed by atoms with E-state index in [1.165, 1.54) is 16.7 Å². The van der Waals surface area contributed by atoms with Gasteiger partial charge in [0, 0.05) is 0 Å². The molecule has 0 aliphatic carbocycles. The third-order valence-corrected chi connectivity index (χ3v) is 3.06. The van der Waals surface area contributed by atoms with Crippen LogP contribution in [-0.4, -0.2) is 0 Å². The summed E-state index contributed by atoms with van der Waals surface area (Å²) in [5.74, 6) is 0. The molecular weight excluding hydrogens is 208 g/mol. The van der Waals surface area contributed by atoms with Gasteiger partial charge in [-0.1, -0.05) is 24.3 Å². The Morgan fingerprint density at radius 3 is 2.12 bits per heavy atom. The van der Waals surface area contributed by atoms with E-state index in [2.05, 4.69) is 37.1 Å². The predicted octanol–water partition coefficient (Wildman–Crippen LogP) is 5.03. The van der Waals surface area contributed by atoms with Crippen molar-refractivity contribution < 1.29 is 0 Å². The third-order valence-electron chi connectivity index (χ3n) is 3.06. The number of aryl methyl sites for hydroxylation is 1. The van der Waals surface area contributed by atoms with Crippen LogP contribution < -0.4 is 0 Å². The van der Waals surface area contributed by atoms with E-state index in [0.29, 0.717) is 0 Å². The van der Waals surface area contributed by atoms with Crippen molar-refractivity contribution in [3.05, 3.63) is 59.2 Å². The molecule has 0 radical (unpaired) electrons. The van der Waals surface area contributed by atoms with Crippen molar-refractivity contribution in [1.29, 1.82) is 0 Å². The van der Waals surface area contributed by atoms with E-state index in [-0.39, 0.29) is 0 Å². The second kappa shape index (κ2) is 4.91. The molecule has 0 bridgehead atoms. The van der Waals surface area contributed by atoms with Gasteiger partial charge in [-0.3, -0.25) is 0 Å². The van der Waals surface area contributed by atoms with Crippen molar-refractivity contribution in [1.82, 2.24) is 0 Å². The third kappa shape index (κ3) is 2.59. The van der Waals surface area contributed by atoms with E-state index in [0.717, 1.165) is 11.4 Å². The summed E-state index contributed by atoms with van der Waals surface area (Å²) < 4.78 is 0. The zero-order chi connectivity index (χ0) is 12.3.